The highest BCUT2D eigenvalue weighted by atomic mass is 19.2. The van der Waals surface area contributed by atoms with E-state index in [-0.39, 0.29) is 28.5 Å². The Morgan fingerprint density at radius 1 is 1.17 bits per heavy atom. The predicted molar refractivity (Wildman–Crippen MR) is 154 cm³/mol. The molecule has 0 aliphatic carbocycles. The van der Waals surface area contributed by atoms with E-state index >= 15 is 4.39 Å². The minimum absolute atomic E-state index is 0.0562. The van der Waals surface area contributed by atoms with Crippen molar-refractivity contribution in [2.45, 2.75) is 12.1 Å². The molecule has 1 aromatic carbocycles. The van der Waals surface area contributed by atoms with Crippen molar-refractivity contribution < 1.29 is 23.4 Å². The van der Waals surface area contributed by atoms with Crippen molar-refractivity contribution in [2.75, 3.05) is 50.6 Å². The second-order valence-electron chi connectivity index (χ2n) is 10.8. The third kappa shape index (κ3) is 3.77. The van der Waals surface area contributed by atoms with Gasteiger partial charge in [0.05, 0.1) is 51.8 Å². The van der Waals surface area contributed by atoms with Crippen molar-refractivity contribution in [3.05, 3.63) is 58.1 Å². The molecule has 11 nitrogen and oxygen atoms in total. The fourth-order valence-corrected chi connectivity index (χ4v) is 6.38. The summed E-state index contributed by atoms with van der Waals surface area (Å²) >= 11 is 0. The van der Waals surface area contributed by atoms with Crippen molar-refractivity contribution in [1.82, 2.24) is 24.4 Å². The Kier molecular flexibility index (Phi) is 5.92. The lowest BCUT2D eigenvalue weighted by Gasteiger charge is -2.33. The number of benzene rings is 1. The molecule has 2 fully saturated rings. The van der Waals surface area contributed by atoms with Gasteiger partial charge in [0.25, 0.3) is 0 Å². The third-order valence-electron chi connectivity index (χ3n) is 8.48. The van der Waals surface area contributed by atoms with Gasteiger partial charge in [-0.25, -0.2) is 23.5 Å². The summed E-state index contributed by atoms with van der Waals surface area (Å²) in [7, 11) is 5.28. The Morgan fingerprint density at radius 3 is 2.71 bits per heavy atom. The van der Waals surface area contributed by atoms with E-state index in [4.69, 9.17) is 4.74 Å². The molecule has 7 rings (SSSR count). The van der Waals surface area contributed by atoms with Crippen molar-refractivity contribution in [2.24, 2.45) is 7.05 Å². The maximum Gasteiger partial charge on any atom is 0.341 e. The van der Waals surface area contributed by atoms with Crippen LogP contribution in [-0.4, -0.2) is 88.0 Å². The number of H-pyrrole nitrogens is 1. The Morgan fingerprint density at radius 2 is 1.98 bits per heavy atom. The Bertz CT molecular complexity index is 2010. The van der Waals surface area contributed by atoms with E-state index in [1.165, 1.54) is 10.8 Å². The lowest BCUT2D eigenvalue weighted by Crippen LogP contribution is -2.48. The quantitative estimate of drug-likeness (QED) is 0.296. The van der Waals surface area contributed by atoms with Gasteiger partial charge in [0.2, 0.25) is 5.43 Å². The number of nitrogens with one attached hydrogen (secondary N) is 2. The van der Waals surface area contributed by atoms with E-state index in [0.29, 0.717) is 64.4 Å². The fraction of sp³-hybridized carbons (Fsp3) is 0.310. The van der Waals surface area contributed by atoms with Crippen molar-refractivity contribution in [1.29, 1.82) is 0 Å². The molecular weight excluding hydrogens is 548 g/mol. The van der Waals surface area contributed by atoms with E-state index in [2.05, 4.69) is 30.1 Å². The Balaban J connectivity index is 1.54. The number of anilines is 2. The van der Waals surface area contributed by atoms with Gasteiger partial charge < -0.3 is 29.6 Å². The zero-order valence-corrected chi connectivity index (χ0v) is 23.0. The van der Waals surface area contributed by atoms with Crippen LogP contribution in [0.3, 0.4) is 0 Å². The molecule has 0 amide bonds. The molecule has 216 valence electrons. The molecule has 0 spiro atoms. The number of aromatic carboxylic acids is 1. The van der Waals surface area contributed by atoms with Crippen LogP contribution in [-0.2, 0) is 11.8 Å². The van der Waals surface area contributed by atoms with E-state index in [1.54, 1.807) is 32.6 Å². The van der Waals surface area contributed by atoms with E-state index in [0.717, 1.165) is 12.6 Å². The van der Waals surface area contributed by atoms with Crippen LogP contribution < -0.4 is 15.6 Å². The summed E-state index contributed by atoms with van der Waals surface area (Å²) < 4.78 is 38.1. The number of ether oxygens (including phenoxy) is 1. The lowest BCUT2D eigenvalue weighted by atomic mass is 10.0. The highest BCUT2D eigenvalue weighted by molar-refractivity contribution is 6.18. The number of likely N-dealkylation sites (N-methyl/N-ethyl adjacent to an activating group) is 1. The molecule has 0 saturated carbocycles. The van der Waals surface area contributed by atoms with Crippen LogP contribution in [0.25, 0.3) is 44.1 Å². The second kappa shape index (κ2) is 9.46. The van der Waals surface area contributed by atoms with Crippen LogP contribution in [0.15, 0.2) is 35.5 Å². The van der Waals surface area contributed by atoms with Gasteiger partial charge in [0, 0.05) is 69.5 Å². The summed E-state index contributed by atoms with van der Waals surface area (Å²) in [6.45, 7) is 2.42. The predicted octanol–water partition coefficient (Wildman–Crippen LogP) is 3.17. The van der Waals surface area contributed by atoms with Crippen LogP contribution in [0, 0.1) is 11.6 Å². The van der Waals surface area contributed by atoms with E-state index < -0.39 is 23.0 Å². The average molecular weight is 576 g/mol. The number of aromatic nitrogens is 4. The number of aryl methyl sites for hydroxylation is 1. The number of hydrogen-bond acceptors (Lipinski definition) is 8. The molecule has 13 heteroatoms. The summed E-state index contributed by atoms with van der Waals surface area (Å²) in [5.74, 6) is -3.34. The molecule has 4 aromatic heterocycles. The standard InChI is InChI=1S/C29H27F2N7O4/c1-32-18-7-17(30)23(31)21-22-25(38-11-19-20(12-38)42-5-4-36(19)2)15(9-33-27(22)35-24(18)21)13-6-14-26(39)16(29(40)41)10-37(3)28(14)34-8-13/h6-10,19-20,32H,4-5,11-12H2,1-3H3,(H,33,35)(H,40,41)/t19-,20+/m1/s1. The molecule has 5 aromatic rings. The lowest BCUT2D eigenvalue weighted by molar-refractivity contribution is -0.0362. The van der Waals surface area contributed by atoms with E-state index in [1.807, 2.05) is 7.05 Å². The van der Waals surface area contributed by atoms with Gasteiger partial charge in [-0.15, -0.1) is 0 Å². The number of rotatable bonds is 4. The third-order valence-corrected chi connectivity index (χ3v) is 8.48. The van der Waals surface area contributed by atoms with Gasteiger partial charge in [-0.05, 0) is 13.1 Å². The second-order valence-corrected chi connectivity index (χ2v) is 10.8. The van der Waals surface area contributed by atoms with E-state index in [9.17, 15) is 19.1 Å². The van der Waals surface area contributed by atoms with Crippen molar-refractivity contribution >= 4 is 50.3 Å². The smallest absolute Gasteiger partial charge is 0.341 e. The summed E-state index contributed by atoms with van der Waals surface area (Å²) in [6, 6.07) is 2.76. The number of hydrogen-bond donors (Lipinski definition) is 3. The van der Waals surface area contributed by atoms with Gasteiger partial charge in [0.1, 0.15) is 16.9 Å². The number of nitrogens with zero attached hydrogens (tertiary/aromatic N) is 5. The number of halogens is 2. The van der Waals surface area contributed by atoms with Gasteiger partial charge in [-0.1, -0.05) is 0 Å². The summed E-state index contributed by atoms with van der Waals surface area (Å²) in [5.41, 5.74) is 2.00. The van der Waals surface area contributed by atoms with Crippen LogP contribution in [0.5, 0.6) is 0 Å². The molecule has 2 saturated heterocycles. The van der Waals surface area contributed by atoms with Gasteiger partial charge in [-0.3, -0.25) is 9.69 Å². The molecule has 0 unspecified atom stereocenters. The number of carboxylic acids is 1. The number of aromatic amines is 1. The maximum absolute atomic E-state index is 15.6. The zero-order chi connectivity index (χ0) is 29.4. The summed E-state index contributed by atoms with van der Waals surface area (Å²) in [4.78, 5) is 41.5. The number of morpholine rings is 1. The van der Waals surface area contributed by atoms with Crippen molar-refractivity contribution in [3.63, 3.8) is 0 Å². The van der Waals surface area contributed by atoms with Crippen LogP contribution >= 0.6 is 0 Å². The molecular formula is C29H27F2N7O4. The molecule has 2 atom stereocenters. The number of carbonyl (C=O) groups is 1. The Hall–Kier alpha value is -4.62. The summed E-state index contributed by atoms with van der Waals surface area (Å²) in [6.07, 6.45) is 4.33. The van der Waals surface area contributed by atoms with Crippen LogP contribution in [0.1, 0.15) is 10.4 Å². The molecule has 0 radical (unpaired) electrons. The fourth-order valence-electron chi connectivity index (χ4n) is 6.38. The highest BCUT2D eigenvalue weighted by Gasteiger charge is 2.40. The van der Waals surface area contributed by atoms with Crippen LogP contribution in [0.4, 0.5) is 20.2 Å². The first-order valence-corrected chi connectivity index (χ1v) is 13.5. The monoisotopic (exact) mass is 575 g/mol. The van der Waals surface area contributed by atoms with Gasteiger partial charge >= 0.3 is 5.97 Å². The SMILES string of the molecule is CNc1cc(F)c(F)c2c1[nH]c1ncc(-c3cnc4c(c3)c(=O)c(C(=O)O)cn4C)c(N3C[C@@H]4OCCN(C)[C@@H]4C3)c12. The molecule has 3 N–H and O–H groups in total. The summed E-state index contributed by atoms with van der Waals surface area (Å²) in [5, 5.41) is 13.1. The maximum atomic E-state index is 15.6. The molecule has 42 heavy (non-hydrogen) atoms. The highest BCUT2D eigenvalue weighted by Crippen LogP contribution is 2.44. The molecule has 2 aliphatic heterocycles. The minimum atomic E-state index is -1.34. The first kappa shape index (κ1) is 26.3. The first-order chi connectivity index (χ1) is 20.2. The van der Waals surface area contributed by atoms with Gasteiger partial charge in [-0.2, -0.15) is 0 Å². The zero-order valence-electron chi connectivity index (χ0n) is 23.0. The Labute approximate surface area is 237 Å². The average Bonchev–Trinajstić information content (AvgIpc) is 3.59. The molecule has 2 aliphatic rings. The normalized spacial score (nSPS) is 19.2. The minimum Gasteiger partial charge on any atom is -0.477 e. The van der Waals surface area contributed by atoms with Gasteiger partial charge in [0.15, 0.2) is 11.6 Å². The largest absolute Gasteiger partial charge is 0.477 e. The van der Waals surface area contributed by atoms with Crippen LogP contribution in [0.2, 0.25) is 0 Å². The molecule has 6 heterocycles. The number of pyridine rings is 3. The van der Waals surface area contributed by atoms with Crippen molar-refractivity contribution in [3.8, 4) is 11.1 Å². The topological polar surface area (TPSA) is 129 Å². The number of fused-ring (bicyclic) bond motifs is 5. The molecule has 0 bridgehead atoms. The first-order valence-electron chi connectivity index (χ1n) is 13.5. The number of carboxylic acid groups (broad SMARTS) is 1.